The molecule has 0 bridgehead atoms. The van der Waals surface area contributed by atoms with Gasteiger partial charge in [0.05, 0.1) is 5.69 Å². The summed E-state index contributed by atoms with van der Waals surface area (Å²) in [6.45, 7) is 0. The molecule has 1 heterocycles. The molecule has 1 aromatic carbocycles. The van der Waals surface area contributed by atoms with Crippen molar-refractivity contribution in [3.05, 3.63) is 24.0 Å². The van der Waals surface area contributed by atoms with Crippen molar-refractivity contribution in [2.75, 3.05) is 17.2 Å². The van der Waals surface area contributed by atoms with Gasteiger partial charge in [-0.05, 0) is 30.7 Å². The lowest BCUT2D eigenvalue weighted by atomic mass is 10.2. The highest BCUT2D eigenvalue weighted by Crippen LogP contribution is 2.23. The van der Waals surface area contributed by atoms with Gasteiger partial charge in [0.25, 0.3) is 0 Å². The number of sulfonamides is 1. The third kappa shape index (κ3) is 2.96. The summed E-state index contributed by atoms with van der Waals surface area (Å²) in [6.07, 6.45) is 1.79. The van der Waals surface area contributed by atoms with E-state index in [1.807, 2.05) is 0 Å². The van der Waals surface area contributed by atoms with Gasteiger partial charge in [0, 0.05) is 11.8 Å². The zero-order valence-electron chi connectivity index (χ0n) is 9.73. The predicted molar refractivity (Wildman–Crippen MR) is 71.5 cm³/mol. The summed E-state index contributed by atoms with van der Waals surface area (Å²) >= 11 is 1.71. The molecule has 2 rings (SSSR count). The van der Waals surface area contributed by atoms with E-state index in [0.717, 1.165) is 30.4 Å². The Bertz CT molecular complexity index is 528. The number of rotatable bonds is 3. The van der Waals surface area contributed by atoms with Crippen molar-refractivity contribution in [3.8, 4) is 0 Å². The molecule has 1 saturated heterocycles. The van der Waals surface area contributed by atoms with E-state index >= 15 is 0 Å². The van der Waals surface area contributed by atoms with Gasteiger partial charge >= 0.3 is 0 Å². The van der Waals surface area contributed by atoms with E-state index in [9.17, 15) is 12.8 Å². The lowest BCUT2D eigenvalue weighted by Crippen LogP contribution is -2.38. The van der Waals surface area contributed by atoms with Gasteiger partial charge in [0.1, 0.15) is 10.7 Å². The fourth-order valence-corrected chi connectivity index (χ4v) is 4.46. The molecule has 1 unspecified atom stereocenters. The van der Waals surface area contributed by atoms with Crippen molar-refractivity contribution >= 4 is 27.5 Å². The summed E-state index contributed by atoms with van der Waals surface area (Å²) in [5.41, 5.74) is 5.15. The molecule has 3 N–H and O–H groups in total. The number of anilines is 1. The van der Waals surface area contributed by atoms with Crippen LogP contribution in [0.5, 0.6) is 0 Å². The van der Waals surface area contributed by atoms with Gasteiger partial charge in [0.2, 0.25) is 10.0 Å². The summed E-state index contributed by atoms with van der Waals surface area (Å²) in [6, 6.07) is 3.70. The van der Waals surface area contributed by atoms with Gasteiger partial charge in [-0.3, -0.25) is 0 Å². The number of hydrogen-bond acceptors (Lipinski definition) is 4. The fourth-order valence-electron chi connectivity index (χ4n) is 1.87. The topological polar surface area (TPSA) is 72.2 Å². The third-order valence-corrected chi connectivity index (χ3v) is 5.58. The van der Waals surface area contributed by atoms with Crippen LogP contribution in [0.4, 0.5) is 10.1 Å². The second-order valence-electron chi connectivity index (χ2n) is 4.19. The molecule has 100 valence electrons. The fraction of sp³-hybridized carbons (Fsp3) is 0.455. The Morgan fingerprint density at radius 1 is 1.44 bits per heavy atom. The Morgan fingerprint density at radius 3 is 2.89 bits per heavy atom. The number of nitrogen functional groups attached to an aromatic ring is 1. The first-order valence-electron chi connectivity index (χ1n) is 5.65. The van der Waals surface area contributed by atoms with Crippen LogP contribution < -0.4 is 10.5 Å². The Kier molecular flexibility index (Phi) is 4.14. The molecule has 0 radical (unpaired) electrons. The highest BCUT2D eigenvalue weighted by Gasteiger charge is 2.24. The zero-order chi connectivity index (χ0) is 13.2. The summed E-state index contributed by atoms with van der Waals surface area (Å²) in [5.74, 6) is 1.09. The van der Waals surface area contributed by atoms with E-state index in [-0.39, 0.29) is 16.6 Å². The van der Waals surface area contributed by atoms with Gasteiger partial charge in [-0.25, -0.2) is 17.5 Å². The van der Waals surface area contributed by atoms with Crippen molar-refractivity contribution in [2.45, 2.75) is 23.8 Å². The van der Waals surface area contributed by atoms with Crippen LogP contribution in [0, 0.1) is 5.82 Å². The molecule has 1 aliphatic rings. The molecule has 4 nitrogen and oxygen atoms in total. The minimum Gasteiger partial charge on any atom is -0.395 e. The molecule has 1 aliphatic heterocycles. The Hall–Kier alpha value is -0.790. The van der Waals surface area contributed by atoms with Crippen molar-refractivity contribution < 1.29 is 12.8 Å². The summed E-state index contributed by atoms with van der Waals surface area (Å²) < 4.78 is 40.1. The van der Waals surface area contributed by atoms with Crippen LogP contribution in [0.1, 0.15) is 12.8 Å². The number of benzene rings is 1. The molecule has 0 spiro atoms. The van der Waals surface area contributed by atoms with E-state index in [4.69, 9.17) is 5.73 Å². The lowest BCUT2D eigenvalue weighted by molar-refractivity contribution is 0.542. The van der Waals surface area contributed by atoms with Crippen molar-refractivity contribution in [3.63, 3.8) is 0 Å². The Morgan fingerprint density at radius 2 is 2.22 bits per heavy atom. The molecule has 18 heavy (non-hydrogen) atoms. The number of nitrogens with one attached hydrogen (secondary N) is 1. The smallest absolute Gasteiger partial charge is 0.243 e. The van der Waals surface area contributed by atoms with Gasteiger partial charge < -0.3 is 5.73 Å². The maximum Gasteiger partial charge on any atom is 0.243 e. The standard InChI is InChI=1S/C11H15FN2O2S2/c12-9-4-1-5-10(11(9)13)18(15,16)14-8-3-2-6-17-7-8/h1,4-5,8,14H,2-3,6-7,13H2. The Balaban J connectivity index is 2.22. The predicted octanol–water partition coefficient (Wildman–Crippen LogP) is 1.58. The van der Waals surface area contributed by atoms with Gasteiger partial charge in [0.15, 0.2) is 0 Å². The van der Waals surface area contributed by atoms with Gasteiger partial charge in [-0.15, -0.1) is 0 Å². The summed E-state index contributed by atoms with van der Waals surface area (Å²) in [4.78, 5) is -0.182. The molecular formula is C11H15FN2O2S2. The quantitative estimate of drug-likeness (QED) is 0.829. The second-order valence-corrected chi connectivity index (χ2v) is 7.02. The molecular weight excluding hydrogens is 275 g/mol. The molecule has 0 aliphatic carbocycles. The highest BCUT2D eigenvalue weighted by molar-refractivity contribution is 7.99. The number of halogens is 1. The van der Waals surface area contributed by atoms with E-state index in [1.54, 1.807) is 11.8 Å². The second kappa shape index (κ2) is 5.46. The average Bonchev–Trinajstić information content (AvgIpc) is 2.33. The van der Waals surface area contributed by atoms with Crippen LogP contribution in [0.15, 0.2) is 23.1 Å². The molecule has 1 fully saturated rings. The normalized spacial score (nSPS) is 20.8. The van der Waals surface area contributed by atoms with Crippen molar-refractivity contribution in [2.24, 2.45) is 0 Å². The number of thioether (sulfide) groups is 1. The van der Waals surface area contributed by atoms with Crippen LogP contribution in [0.3, 0.4) is 0 Å². The molecule has 7 heteroatoms. The molecule has 0 aromatic heterocycles. The third-order valence-electron chi connectivity index (χ3n) is 2.78. The maximum absolute atomic E-state index is 13.3. The molecule has 1 aromatic rings. The number of para-hydroxylation sites is 1. The van der Waals surface area contributed by atoms with E-state index < -0.39 is 15.8 Å². The van der Waals surface area contributed by atoms with Crippen LogP contribution >= 0.6 is 11.8 Å². The summed E-state index contributed by atoms with van der Waals surface area (Å²) in [5, 5.41) is 0. The van der Waals surface area contributed by atoms with E-state index in [2.05, 4.69) is 4.72 Å². The first kappa shape index (κ1) is 13.6. The van der Waals surface area contributed by atoms with E-state index in [0.29, 0.717) is 0 Å². The molecule has 0 amide bonds. The zero-order valence-corrected chi connectivity index (χ0v) is 11.4. The lowest BCUT2D eigenvalue weighted by Gasteiger charge is -2.22. The SMILES string of the molecule is Nc1c(F)cccc1S(=O)(=O)NC1CCCSC1. The van der Waals surface area contributed by atoms with Gasteiger partial charge in [-0.2, -0.15) is 11.8 Å². The van der Waals surface area contributed by atoms with Crippen LogP contribution in [0.2, 0.25) is 0 Å². The van der Waals surface area contributed by atoms with Gasteiger partial charge in [-0.1, -0.05) is 6.07 Å². The Labute approximate surface area is 110 Å². The number of nitrogens with two attached hydrogens (primary N) is 1. The first-order valence-corrected chi connectivity index (χ1v) is 8.28. The highest BCUT2D eigenvalue weighted by atomic mass is 32.2. The summed E-state index contributed by atoms with van der Waals surface area (Å²) in [7, 11) is -3.74. The first-order chi connectivity index (χ1) is 8.50. The molecule has 1 atom stereocenters. The number of hydrogen-bond donors (Lipinski definition) is 2. The van der Waals surface area contributed by atoms with E-state index in [1.165, 1.54) is 12.1 Å². The van der Waals surface area contributed by atoms with Crippen LogP contribution in [-0.2, 0) is 10.0 Å². The largest absolute Gasteiger partial charge is 0.395 e. The van der Waals surface area contributed by atoms with Crippen molar-refractivity contribution in [1.29, 1.82) is 0 Å². The minimum absolute atomic E-state index is 0.101. The maximum atomic E-state index is 13.3. The van der Waals surface area contributed by atoms with Crippen LogP contribution in [-0.4, -0.2) is 26.0 Å². The molecule has 0 saturated carbocycles. The van der Waals surface area contributed by atoms with Crippen LogP contribution in [0.25, 0.3) is 0 Å². The monoisotopic (exact) mass is 290 g/mol. The minimum atomic E-state index is -3.74. The average molecular weight is 290 g/mol. The van der Waals surface area contributed by atoms with Crippen molar-refractivity contribution in [1.82, 2.24) is 4.72 Å².